The summed E-state index contributed by atoms with van der Waals surface area (Å²) >= 11 is 1.36. The number of hydrogen-bond acceptors (Lipinski definition) is 6. The summed E-state index contributed by atoms with van der Waals surface area (Å²) in [4.78, 5) is 12.4. The van der Waals surface area contributed by atoms with Crippen molar-refractivity contribution < 1.29 is 14.3 Å². The molecule has 32 heavy (non-hydrogen) atoms. The summed E-state index contributed by atoms with van der Waals surface area (Å²) in [6.07, 6.45) is 0.731. The van der Waals surface area contributed by atoms with E-state index in [-0.39, 0.29) is 17.8 Å². The molecule has 0 spiro atoms. The summed E-state index contributed by atoms with van der Waals surface area (Å²) in [6, 6.07) is 15.4. The van der Waals surface area contributed by atoms with Crippen LogP contribution >= 0.6 is 11.8 Å². The number of hydrogen-bond donors (Lipinski definition) is 1. The van der Waals surface area contributed by atoms with Crippen LogP contribution in [0.15, 0.2) is 53.7 Å². The predicted molar refractivity (Wildman–Crippen MR) is 128 cm³/mol. The van der Waals surface area contributed by atoms with Gasteiger partial charge in [0.2, 0.25) is 5.91 Å². The first kappa shape index (κ1) is 23.7. The lowest BCUT2D eigenvalue weighted by Gasteiger charge is -2.16. The Hall–Kier alpha value is -3.00. The zero-order valence-electron chi connectivity index (χ0n) is 19.0. The molecular formula is C24H30N4O3S. The highest BCUT2D eigenvalue weighted by atomic mass is 32.2. The number of carbonyl (C=O) groups excluding carboxylic acids is 1. The van der Waals surface area contributed by atoms with Crippen molar-refractivity contribution in [3.8, 4) is 11.5 Å². The normalized spacial score (nSPS) is 11.8. The Morgan fingerprint density at radius 1 is 1.03 bits per heavy atom. The van der Waals surface area contributed by atoms with Crippen LogP contribution < -0.4 is 14.8 Å². The van der Waals surface area contributed by atoms with Gasteiger partial charge in [-0.05, 0) is 69.2 Å². The number of thioether (sulfide) groups is 1. The predicted octanol–water partition coefficient (Wildman–Crippen LogP) is 5.13. The van der Waals surface area contributed by atoms with Crippen LogP contribution in [0.4, 0.5) is 5.69 Å². The van der Waals surface area contributed by atoms with Gasteiger partial charge < -0.3 is 19.4 Å². The number of aromatic nitrogens is 3. The van der Waals surface area contributed by atoms with E-state index in [0.29, 0.717) is 18.3 Å². The molecule has 1 atom stereocenters. The number of carbonyl (C=O) groups is 1. The summed E-state index contributed by atoms with van der Waals surface area (Å²) in [7, 11) is 0. The molecule has 0 saturated heterocycles. The standard InChI is InChI=1S/C24H30N4O3S/c1-5-18-8-12-21(13-9-18)31-17(4)23-26-27-24(28(23)6-2)32-16-22(29)25-19-10-14-20(15-11-19)30-7-3/h8-15,17H,5-7,16H2,1-4H3,(H,25,29). The van der Waals surface area contributed by atoms with Crippen LogP contribution in [0, 0.1) is 0 Å². The molecule has 0 radical (unpaired) electrons. The molecule has 0 bridgehead atoms. The van der Waals surface area contributed by atoms with Gasteiger partial charge in [-0.3, -0.25) is 4.79 Å². The molecule has 0 fully saturated rings. The second-order valence-corrected chi connectivity index (χ2v) is 8.08. The maximum atomic E-state index is 12.4. The van der Waals surface area contributed by atoms with Crippen LogP contribution in [-0.2, 0) is 17.8 Å². The van der Waals surface area contributed by atoms with Crippen molar-refractivity contribution >= 4 is 23.4 Å². The SMILES string of the molecule is CCOc1ccc(NC(=O)CSc2nnc(C(C)Oc3ccc(CC)cc3)n2CC)cc1. The molecule has 1 amide bonds. The van der Waals surface area contributed by atoms with Crippen LogP contribution in [-0.4, -0.2) is 33.0 Å². The molecule has 0 saturated carbocycles. The summed E-state index contributed by atoms with van der Waals surface area (Å²) in [5.41, 5.74) is 2.00. The van der Waals surface area contributed by atoms with Gasteiger partial charge in [0.1, 0.15) is 11.5 Å². The first-order chi connectivity index (χ1) is 15.5. The van der Waals surface area contributed by atoms with Crippen LogP contribution in [0.3, 0.4) is 0 Å². The molecule has 7 nitrogen and oxygen atoms in total. The summed E-state index contributed by atoms with van der Waals surface area (Å²) in [5.74, 6) is 2.44. The van der Waals surface area contributed by atoms with Crippen molar-refractivity contribution in [2.75, 3.05) is 17.7 Å². The number of nitrogens with one attached hydrogen (secondary N) is 1. The molecule has 3 rings (SSSR count). The molecule has 1 aromatic heterocycles. The van der Waals surface area contributed by atoms with Gasteiger partial charge in [-0.25, -0.2) is 0 Å². The number of aryl methyl sites for hydroxylation is 1. The lowest BCUT2D eigenvalue weighted by Crippen LogP contribution is -2.15. The second kappa shape index (κ2) is 11.6. The van der Waals surface area contributed by atoms with Gasteiger partial charge in [0.15, 0.2) is 17.1 Å². The van der Waals surface area contributed by atoms with E-state index in [0.717, 1.165) is 29.4 Å². The fourth-order valence-electron chi connectivity index (χ4n) is 3.19. The number of ether oxygens (including phenoxy) is 2. The molecule has 0 aliphatic carbocycles. The summed E-state index contributed by atoms with van der Waals surface area (Å²) in [6.45, 7) is 9.34. The maximum Gasteiger partial charge on any atom is 0.234 e. The second-order valence-electron chi connectivity index (χ2n) is 7.14. The fraction of sp³-hybridized carbons (Fsp3) is 0.375. The third-order valence-corrected chi connectivity index (χ3v) is 5.82. The molecule has 2 aromatic carbocycles. The van der Waals surface area contributed by atoms with E-state index >= 15 is 0 Å². The van der Waals surface area contributed by atoms with E-state index in [9.17, 15) is 4.79 Å². The Morgan fingerprint density at radius 3 is 2.34 bits per heavy atom. The third kappa shape index (κ3) is 6.26. The minimum Gasteiger partial charge on any atom is -0.494 e. The van der Waals surface area contributed by atoms with Crippen molar-refractivity contribution in [1.29, 1.82) is 0 Å². The van der Waals surface area contributed by atoms with Crippen LogP contribution in [0.5, 0.6) is 11.5 Å². The molecule has 1 heterocycles. The third-order valence-electron chi connectivity index (χ3n) is 4.85. The molecule has 1 unspecified atom stereocenters. The van der Waals surface area contributed by atoms with E-state index in [1.54, 1.807) is 0 Å². The van der Waals surface area contributed by atoms with Gasteiger partial charge in [0, 0.05) is 12.2 Å². The van der Waals surface area contributed by atoms with Gasteiger partial charge in [0.25, 0.3) is 0 Å². The van der Waals surface area contributed by atoms with Crippen LogP contribution in [0.2, 0.25) is 0 Å². The Morgan fingerprint density at radius 2 is 1.72 bits per heavy atom. The highest BCUT2D eigenvalue weighted by Crippen LogP contribution is 2.25. The van der Waals surface area contributed by atoms with E-state index in [1.807, 2.05) is 61.7 Å². The van der Waals surface area contributed by atoms with Crippen molar-refractivity contribution in [2.45, 2.75) is 51.9 Å². The van der Waals surface area contributed by atoms with Crippen molar-refractivity contribution in [3.63, 3.8) is 0 Å². The number of nitrogens with zero attached hydrogens (tertiary/aromatic N) is 3. The number of anilines is 1. The average Bonchev–Trinajstić information content (AvgIpc) is 3.23. The Bertz CT molecular complexity index is 1000. The van der Waals surface area contributed by atoms with E-state index in [2.05, 4.69) is 34.6 Å². The van der Waals surface area contributed by atoms with Crippen molar-refractivity contribution in [1.82, 2.24) is 14.8 Å². The Labute approximate surface area is 193 Å². The molecule has 170 valence electrons. The Balaban J connectivity index is 1.58. The van der Waals surface area contributed by atoms with Crippen LogP contribution in [0.25, 0.3) is 0 Å². The molecule has 1 N–H and O–H groups in total. The Kier molecular flexibility index (Phi) is 8.56. The van der Waals surface area contributed by atoms with Gasteiger partial charge in [0.05, 0.1) is 12.4 Å². The fourth-order valence-corrected chi connectivity index (χ4v) is 4.00. The zero-order chi connectivity index (χ0) is 22.9. The van der Waals surface area contributed by atoms with Gasteiger partial charge in [-0.2, -0.15) is 0 Å². The lowest BCUT2D eigenvalue weighted by atomic mass is 10.2. The monoisotopic (exact) mass is 454 g/mol. The lowest BCUT2D eigenvalue weighted by molar-refractivity contribution is -0.113. The highest BCUT2D eigenvalue weighted by molar-refractivity contribution is 7.99. The molecule has 0 aliphatic heterocycles. The van der Waals surface area contributed by atoms with Crippen LogP contribution in [0.1, 0.15) is 45.2 Å². The quantitative estimate of drug-likeness (QED) is 0.405. The molecule has 3 aromatic rings. The highest BCUT2D eigenvalue weighted by Gasteiger charge is 2.19. The maximum absolute atomic E-state index is 12.4. The summed E-state index contributed by atoms with van der Waals surface area (Å²) in [5, 5.41) is 12.2. The number of amides is 1. The number of rotatable bonds is 11. The molecular weight excluding hydrogens is 424 g/mol. The van der Waals surface area contributed by atoms with Crippen molar-refractivity contribution in [3.05, 3.63) is 59.9 Å². The van der Waals surface area contributed by atoms with Gasteiger partial charge in [-0.1, -0.05) is 30.8 Å². The number of benzene rings is 2. The molecule has 8 heteroatoms. The first-order valence-electron chi connectivity index (χ1n) is 10.9. The zero-order valence-corrected chi connectivity index (χ0v) is 19.8. The van der Waals surface area contributed by atoms with E-state index < -0.39 is 0 Å². The summed E-state index contributed by atoms with van der Waals surface area (Å²) < 4.78 is 13.5. The van der Waals surface area contributed by atoms with E-state index in [1.165, 1.54) is 17.3 Å². The smallest absolute Gasteiger partial charge is 0.234 e. The topological polar surface area (TPSA) is 78.3 Å². The van der Waals surface area contributed by atoms with Gasteiger partial charge in [-0.15, -0.1) is 10.2 Å². The van der Waals surface area contributed by atoms with E-state index in [4.69, 9.17) is 9.47 Å². The minimum atomic E-state index is -0.262. The van der Waals surface area contributed by atoms with Crippen molar-refractivity contribution in [2.24, 2.45) is 0 Å². The average molecular weight is 455 g/mol. The molecule has 0 aliphatic rings. The minimum absolute atomic E-state index is 0.105. The van der Waals surface area contributed by atoms with Gasteiger partial charge >= 0.3 is 0 Å². The first-order valence-corrected chi connectivity index (χ1v) is 11.9. The largest absolute Gasteiger partial charge is 0.494 e.